The van der Waals surface area contributed by atoms with Gasteiger partial charge in [0.05, 0.1) is 5.75 Å². The Morgan fingerprint density at radius 2 is 1.83 bits per heavy atom. The third-order valence-corrected chi connectivity index (χ3v) is 5.73. The first-order chi connectivity index (χ1) is 11.0. The largest absolute Gasteiger partial charge is 0.265 e. The summed E-state index contributed by atoms with van der Waals surface area (Å²) in [6, 6.07) is 8.43. The molecule has 0 bridgehead atoms. The summed E-state index contributed by atoms with van der Waals surface area (Å²) in [5.41, 5.74) is 2.68. The van der Waals surface area contributed by atoms with E-state index in [0.29, 0.717) is 16.6 Å². The van der Waals surface area contributed by atoms with Crippen LogP contribution < -0.4 is 0 Å². The molecule has 0 saturated heterocycles. The normalized spacial score (nSPS) is 13.5. The van der Waals surface area contributed by atoms with Crippen LogP contribution in [-0.4, -0.2) is 35.1 Å². The fourth-order valence-corrected chi connectivity index (χ4v) is 3.73. The van der Waals surface area contributed by atoms with Crippen molar-refractivity contribution in [1.29, 1.82) is 0 Å². The molecule has 3 aromatic rings. The SMILES string of the molecule is CC(c1ccncc1)N(C)S(=O)(=O)Cc1ccc2nonc2c1. The average Bonchev–Trinajstić information content (AvgIpc) is 3.01. The van der Waals surface area contributed by atoms with Crippen molar-refractivity contribution in [3.05, 3.63) is 53.9 Å². The summed E-state index contributed by atoms with van der Waals surface area (Å²) >= 11 is 0. The Labute approximate surface area is 134 Å². The molecule has 8 heteroatoms. The molecule has 1 aromatic carbocycles. The van der Waals surface area contributed by atoms with Gasteiger partial charge in [-0.15, -0.1) is 0 Å². The third kappa shape index (κ3) is 3.22. The Bertz CT molecular complexity index is 909. The molecule has 3 rings (SSSR count). The molecule has 2 aromatic heterocycles. The van der Waals surface area contributed by atoms with Gasteiger partial charge < -0.3 is 0 Å². The van der Waals surface area contributed by atoms with Crippen molar-refractivity contribution in [3.63, 3.8) is 0 Å². The Hall–Kier alpha value is -2.32. The molecule has 0 N–H and O–H groups in total. The van der Waals surface area contributed by atoms with Gasteiger partial charge in [0.1, 0.15) is 11.0 Å². The van der Waals surface area contributed by atoms with E-state index in [4.69, 9.17) is 0 Å². The molecule has 0 spiro atoms. The van der Waals surface area contributed by atoms with Crippen molar-refractivity contribution in [2.24, 2.45) is 0 Å². The molecular formula is C15H16N4O3S. The summed E-state index contributed by atoms with van der Waals surface area (Å²) in [6.45, 7) is 1.84. The van der Waals surface area contributed by atoms with Gasteiger partial charge in [-0.2, -0.15) is 4.31 Å². The minimum atomic E-state index is -3.48. The van der Waals surface area contributed by atoms with Gasteiger partial charge >= 0.3 is 0 Å². The molecule has 7 nitrogen and oxygen atoms in total. The minimum absolute atomic E-state index is 0.109. The van der Waals surface area contributed by atoms with Gasteiger partial charge in [-0.05, 0) is 52.6 Å². The van der Waals surface area contributed by atoms with Crippen LogP contribution in [0.15, 0.2) is 47.4 Å². The van der Waals surface area contributed by atoms with Crippen molar-refractivity contribution in [2.75, 3.05) is 7.05 Å². The first-order valence-corrected chi connectivity index (χ1v) is 8.65. The monoisotopic (exact) mass is 332 g/mol. The lowest BCUT2D eigenvalue weighted by molar-refractivity contribution is 0.315. The molecule has 0 aliphatic heterocycles. The lowest BCUT2D eigenvalue weighted by Crippen LogP contribution is -2.30. The van der Waals surface area contributed by atoms with Gasteiger partial charge in [0, 0.05) is 25.5 Å². The number of pyridine rings is 1. The highest BCUT2D eigenvalue weighted by Crippen LogP contribution is 2.23. The van der Waals surface area contributed by atoms with Crippen LogP contribution in [-0.2, 0) is 15.8 Å². The summed E-state index contributed by atoms with van der Waals surface area (Å²) in [7, 11) is -1.90. The van der Waals surface area contributed by atoms with Gasteiger partial charge in [-0.3, -0.25) is 4.98 Å². The quantitative estimate of drug-likeness (QED) is 0.711. The Morgan fingerprint density at radius 3 is 2.57 bits per heavy atom. The summed E-state index contributed by atoms with van der Waals surface area (Å²) in [4.78, 5) is 3.95. The van der Waals surface area contributed by atoms with Crippen molar-refractivity contribution in [1.82, 2.24) is 19.6 Å². The highest BCUT2D eigenvalue weighted by molar-refractivity contribution is 7.88. The van der Waals surface area contributed by atoms with Crippen LogP contribution in [0.3, 0.4) is 0 Å². The van der Waals surface area contributed by atoms with Crippen LogP contribution in [0.4, 0.5) is 0 Å². The number of aromatic nitrogens is 3. The third-order valence-electron chi connectivity index (χ3n) is 3.84. The molecule has 0 aliphatic rings. The molecule has 0 saturated carbocycles. The zero-order valence-corrected chi connectivity index (χ0v) is 13.6. The van der Waals surface area contributed by atoms with E-state index in [1.54, 1.807) is 37.6 Å². The zero-order valence-electron chi connectivity index (χ0n) is 12.7. The average molecular weight is 332 g/mol. The van der Waals surface area contributed by atoms with Gasteiger partial charge in [-0.1, -0.05) is 6.07 Å². The van der Waals surface area contributed by atoms with Crippen molar-refractivity contribution < 1.29 is 13.0 Å². The molecule has 23 heavy (non-hydrogen) atoms. The fraction of sp³-hybridized carbons (Fsp3) is 0.267. The fourth-order valence-electron chi connectivity index (χ4n) is 2.32. The summed E-state index contributed by atoms with van der Waals surface area (Å²) in [5, 5.41) is 7.44. The molecule has 1 unspecified atom stereocenters. The predicted molar refractivity (Wildman–Crippen MR) is 84.8 cm³/mol. The van der Waals surface area contributed by atoms with E-state index in [1.807, 2.05) is 19.1 Å². The Kier molecular flexibility index (Phi) is 4.10. The van der Waals surface area contributed by atoms with E-state index in [2.05, 4.69) is 19.9 Å². The maximum absolute atomic E-state index is 12.6. The standard InChI is InChI=1S/C15H16N4O3S/c1-11(13-5-7-16-8-6-13)19(2)23(20,21)10-12-3-4-14-15(9-12)18-22-17-14/h3-9,11H,10H2,1-2H3. The van der Waals surface area contributed by atoms with Crippen molar-refractivity contribution >= 4 is 21.1 Å². The van der Waals surface area contributed by atoms with E-state index >= 15 is 0 Å². The smallest absolute Gasteiger partial charge is 0.218 e. The number of hydrogen-bond donors (Lipinski definition) is 0. The van der Waals surface area contributed by atoms with Crippen molar-refractivity contribution in [3.8, 4) is 0 Å². The van der Waals surface area contributed by atoms with Gasteiger partial charge in [-0.25, -0.2) is 13.0 Å². The zero-order chi connectivity index (χ0) is 16.4. The molecule has 0 radical (unpaired) electrons. The number of sulfonamides is 1. The lowest BCUT2D eigenvalue weighted by Gasteiger charge is -2.24. The van der Waals surface area contributed by atoms with E-state index in [-0.39, 0.29) is 11.8 Å². The minimum Gasteiger partial charge on any atom is -0.265 e. The lowest BCUT2D eigenvalue weighted by atomic mass is 10.1. The Balaban J connectivity index is 1.82. The molecule has 120 valence electrons. The Morgan fingerprint density at radius 1 is 1.13 bits per heavy atom. The highest BCUT2D eigenvalue weighted by Gasteiger charge is 2.25. The second kappa shape index (κ2) is 6.05. The number of nitrogens with zero attached hydrogens (tertiary/aromatic N) is 4. The first kappa shape index (κ1) is 15.6. The molecule has 0 amide bonds. The van der Waals surface area contributed by atoms with E-state index in [0.717, 1.165) is 5.56 Å². The maximum atomic E-state index is 12.6. The van der Waals surface area contributed by atoms with Crippen LogP contribution >= 0.6 is 0 Å². The topological polar surface area (TPSA) is 89.2 Å². The van der Waals surface area contributed by atoms with Crippen LogP contribution in [0.1, 0.15) is 24.1 Å². The molecule has 0 aliphatic carbocycles. The molecular weight excluding hydrogens is 316 g/mol. The summed E-state index contributed by atoms with van der Waals surface area (Å²) < 4.78 is 31.3. The van der Waals surface area contributed by atoms with Crippen LogP contribution in [0.25, 0.3) is 11.0 Å². The molecule has 1 atom stereocenters. The predicted octanol–water partition coefficient (Wildman–Crippen LogP) is 2.14. The van der Waals surface area contributed by atoms with E-state index in [1.165, 1.54) is 4.31 Å². The second-order valence-electron chi connectivity index (χ2n) is 5.32. The number of hydrogen-bond acceptors (Lipinski definition) is 6. The highest BCUT2D eigenvalue weighted by atomic mass is 32.2. The summed E-state index contributed by atoms with van der Waals surface area (Å²) in [6.07, 6.45) is 3.30. The van der Waals surface area contributed by atoms with Crippen LogP contribution in [0.5, 0.6) is 0 Å². The van der Waals surface area contributed by atoms with Gasteiger partial charge in [0.25, 0.3) is 0 Å². The van der Waals surface area contributed by atoms with Gasteiger partial charge in [0.15, 0.2) is 0 Å². The first-order valence-electron chi connectivity index (χ1n) is 7.04. The number of rotatable bonds is 5. The molecule has 2 heterocycles. The summed E-state index contributed by atoms with van der Waals surface area (Å²) in [5.74, 6) is -0.109. The number of benzene rings is 1. The maximum Gasteiger partial charge on any atom is 0.218 e. The van der Waals surface area contributed by atoms with Gasteiger partial charge in [0.2, 0.25) is 10.0 Å². The van der Waals surface area contributed by atoms with Crippen molar-refractivity contribution in [2.45, 2.75) is 18.7 Å². The van der Waals surface area contributed by atoms with Crippen LogP contribution in [0.2, 0.25) is 0 Å². The van der Waals surface area contributed by atoms with Crippen LogP contribution in [0, 0.1) is 0 Å². The number of fused-ring (bicyclic) bond motifs is 1. The molecule has 0 fully saturated rings. The second-order valence-corrected chi connectivity index (χ2v) is 7.34. The van der Waals surface area contributed by atoms with E-state index < -0.39 is 10.0 Å². The van der Waals surface area contributed by atoms with E-state index in [9.17, 15) is 8.42 Å².